The molecule has 2 rings (SSSR count). The highest BCUT2D eigenvalue weighted by molar-refractivity contribution is 5.78. The largest absolute Gasteiger partial charge is 0.466 e. The predicted octanol–water partition coefficient (Wildman–Crippen LogP) is 2.31. The number of rotatable bonds is 7. The van der Waals surface area contributed by atoms with Crippen LogP contribution in [0, 0.1) is 5.92 Å². The van der Waals surface area contributed by atoms with Crippen LogP contribution in [-0.2, 0) is 20.9 Å². The summed E-state index contributed by atoms with van der Waals surface area (Å²) in [7, 11) is 0. The molecule has 24 heavy (non-hydrogen) atoms. The average Bonchev–Trinajstić information content (AvgIpc) is 2.61. The molecule has 132 valence electrons. The quantitative estimate of drug-likeness (QED) is 0.719. The Morgan fingerprint density at radius 2 is 2.00 bits per heavy atom. The lowest BCUT2D eigenvalue weighted by molar-refractivity contribution is -0.150. The molecule has 1 aromatic carbocycles. The second-order valence-corrected chi connectivity index (χ2v) is 6.22. The van der Waals surface area contributed by atoms with Gasteiger partial charge >= 0.3 is 5.97 Å². The van der Waals surface area contributed by atoms with Crippen molar-refractivity contribution in [1.29, 1.82) is 0 Å². The molecule has 1 aromatic rings. The molecule has 1 amide bonds. The summed E-state index contributed by atoms with van der Waals surface area (Å²) in [5, 5.41) is 0. The highest BCUT2D eigenvalue weighted by Crippen LogP contribution is 2.18. The van der Waals surface area contributed by atoms with Gasteiger partial charge in [0.05, 0.1) is 19.1 Å². The van der Waals surface area contributed by atoms with E-state index in [4.69, 9.17) is 4.74 Å². The van der Waals surface area contributed by atoms with Gasteiger partial charge in [-0.3, -0.25) is 14.5 Å². The molecule has 0 N–H and O–H groups in total. The van der Waals surface area contributed by atoms with Crippen molar-refractivity contribution < 1.29 is 14.3 Å². The zero-order chi connectivity index (χ0) is 17.4. The normalized spacial score (nSPS) is 18.2. The lowest BCUT2D eigenvalue weighted by Gasteiger charge is -2.32. The first kappa shape index (κ1) is 18.5. The highest BCUT2D eigenvalue weighted by atomic mass is 16.5. The van der Waals surface area contributed by atoms with E-state index in [0.29, 0.717) is 32.8 Å². The van der Waals surface area contributed by atoms with Crippen molar-refractivity contribution in [3.8, 4) is 0 Å². The van der Waals surface area contributed by atoms with E-state index < -0.39 is 0 Å². The van der Waals surface area contributed by atoms with Crippen LogP contribution in [0.1, 0.15) is 32.3 Å². The molecule has 1 fully saturated rings. The van der Waals surface area contributed by atoms with E-state index in [1.807, 2.05) is 49.1 Å². The number of esters is 1. The Bertz CT molecular complexity index is 533. The Hall–Kier alpha value is -1.88. The number of piperidine rings is 1. The van der Waals surface area contributed by atoms with E-state index in [1.165, 1.54) is 0 Å². The van der Waals surface area contributed by atoms with Gasteiger partial charge in [-0.1, -0.05) is 30.3 Å². The SMILES string of the molecule is CCOC(=O)C1CCCN(CC(=O)N(CC)Cc2ccccc2)C1. The monoisotopic (exact) mass is 332 g/mol. The molecule has 0 spiro atoms. The Labute approximate surface area is 144 Å². The lowest BCUT2D eigenvalue weighted by atomic mass is 9.98. The summed E-state index contributed by atoms with van der Waals surface area (Å²) in [5.74, 6) is -0.118. The first-order valence-electron chi connectivity index (χ1n) is 8.84. The molecular weight excluding hydrogens is 304 g/mol. The number of likely N-dealkylation sites (tertiary alicyclic amines) is 1. The van der Waals surface area contributed by atoms with Crippen LogP contribution in [0.2, 0.25) is 0 Å². The van der Waals surface area contributed by atoms with Crippen LogP contribution >= 0.6 is 0 Å². The molecule has 0 aliphatic carbocycles. The zero-order valence-electron chi connectivity index (χ0n) is 14.7. The number of carbonyl (C=O) groups excluding carboxylic acids is 2. The summed E-state index contributed by atoms with van der Waals surface area (Å²) in [4.78, 5) is 28.5. The molecule has 0 radical (unpaired) electrons. The number of hydrogen-bond donors (Lipinski definition) is 0. The Kier molecular flexibility index (Phi) is 7.25. The third kappa shape index (κ3) is 5.34. The Morgan fingerprint density at radius 3 is 2.67 bits per heavy atom. The first-order valence-corrected chi connectivity index (χ1v) is 8.84. The van der Waals surface area contributed by atoms with Gasteiger partial charge in [-0.05, 0) is 38.8 Å². The number of benzene rings is 1. The Balaban J connectivity index is 1.88. The minimum atomic E-state index is -0.133. The number of hydrogen-bond acceptors (Lipinski definition) is 4. The smallest absolute Gasteiger partial charge is 0.310 e. The van der Waals surface area contributed by atoms with Gasteiger partial charge in [-0.2, -0.15) is 0 Å². The fourth-order valence-corrected chi connectivity index (χ4v) is 3.12. The Morgan fingerprint density at radius 1 is 1.25 bits per heavy atom. The van der Waals surface area contributed by atoms with Crippen LogP contribution < -0.4 is 0 Å². The van der Waals surface area contributed by atoms with Crippen LogP contribution in [-0.4, -0.2) is 54.5 Å². The van der Waals surface area contributed by atoms with Crippen LogP contribution in [0.15, 0.2) is 30.3 Å². The van der Waals surface area contributed by atoms with Crippen molar-refractivity contribution in [2.24, 2.45) is 5.92 Å². The van der Waals surface area contributed by atoms with Crippen molar-refractivity contribution >= 4 is 11.9 Å². The molecule has 5 nitrogen and oxygen atoms in total. The van der Waals surface area contributed by atoms with E-state index in [0.717, 1.165) is 24.9 Å². The summed E-state index contributed by atoms with van der Waals surface area (Å²) in [6.07, 6.45) is 1.78. The maximum atomic E-state index is 12.6. The first-order chi connectivity index (χ1) is 11.6. The van der Waals surface area contributed by atoms with Gasteiger partial charge in [0.2, 0.25) is 5.91 Å². The number of carbonyl (C=O) groups is 2. The second kappa shape index (κ2) is 9.42. The van der Waals surface area contributed by atoms with E-state index in [1.54, 1.807) is 0 Å². The van der Waals surface area contributed by atoms with Crippen LogP contribution in [0.25, 0.3) is 0 Å². The summed E-state index contributed by atoms with van der Waals surface area (Å²) in [6.45, 7) is 7.40. The summed E-state index contributed by atoms with van der Waals surface area (Å²) in [6, 6.07) is 10.0. The van der Waals surface area contributed by atoms with E-state index in [-0.39, 0.29) is 17.8 Å². The van der Waals surface area contributed by atoms with Gasteiger partial charge < -0.3 is 9.64 Å². The number of likely N-dealkylation sites (N-methyl/N-ethyl adjacent to an activating group) is 1. The fraction of sp³-hybridized carbons (Fsp3) is 0.579. The third-order valence-electron chi connectivity index (χ3n) is 4.43. The number of amides is 1. The fourth-order valence-electron chi connectivity index (χ4n) is 3.12. The maximum Gasteiger partial charge on any atom is 0.310 e. The summed E-state index contributed by atoms with van der Waals surface area (Å²) >= 11 is 0. The predicted molar refractivity (Wildman–Crippen MR) is 93.3 cm³/mol. The van der Waals surface area contributed by atoms with Crippen molar-refractivity contribution in [3.05, 3.63) is 35.9 Å². The van der Waals surface area contributed by atoms with E-state index in [9.17, 15) is 9.59 Å². The molecule has 1 heterocycles. The molecule has 1 aliphatic rings. The number of nitrogens with zero attached hydrogens (tertiary/aromatic N) is 2. The van der Waals surface area contributed by atoms with Gasteiger partial charge in [0.25, 0.3) is 0 Å². The molecule has 0 saturated carbocycles. The molecule has 1 saturated heterocycles. The standard InChI is InChI=1S/C19H28N2O3/c1-3-21(13-16-9-6-5-7-10-16)18(22)15-20-12-8-11-17(14-20)19(23)24-4-2/h5-7,9-10,17H,3-4,8,11-15H2,1-2H3. The van der Waals surface area contributed by atoms with Gasteiger partial charge in [0, 0.05) is 19.6 Å². The molecule has 1 aliphatic heterocycles. The van der Waals surface area contributed by atoms with Crippen LogP contribution in [0.5, 0.6) is 0 Å². The average molecular weight is 332 g/mol. The minimum Gasteiger partial charge on any atom is -0.466 e. The molecule has 1 atom stereocenters. The van der Waals surface area contributed by atoms with Crippen molar-refractivity contribution in [3.63, 3.8) is 0 Å². The van der Waals surface area contributed by atoms with Crippen LogP contribution in [0.4, 0.5) is 0 Å². The minimum absolute atomic E-state index is 0.101. The van der Waals surface area contributed by atoms with Crippen molar-refractivity contribution in [1.82, 2.24) is 9.80 Å². The molecule has 5 heteroatoms. The molecular formula is C19H28N2O3. The molecule has 1 unspecified atom stereocenters. The lowest BCUT2D eigenvalue weighted by Crippen LogP contribution is -2.45. The van der Waals surface area contributed by atoms with E-state index >= 15 is 0 Å². The van der Waals surface area contributed by atoms with Crippen molar-refractivity contribution in [2.75, 3.05) is 32.8 Å². The second-order valence-electron chi connectivity index (χ2n) is 6.22. The summed E-state index contributed by atoms with van der Waals surface area (Å²) in [5.41, 5.74) is 1.13. The van der Waals surface area contributed by atoms with Gasteiger partial charge in [-0.15, -0.1) is 0 Å². The highest BCUT2D eigenvalue weighted by Gasteiger charge is 2.28. The third-order valence-corrected chi connectivity index (χ3v) is 4.43. The molecule has 0 aromatic heterocycles. The zero-order valence-corrected chi connectivity index (χ0v) is 14.7. The summed E-state index contributed by atoms with van der Waals surface area (Å²) < 4.78 is 5.12. The van der Waals surface area contributed by atoms with E-state index in [2.05, 4.69) is 4.90 Å². The van der Waals surface area contributed by atoms with Gasteiger partial charge in [0.15, 0.2) is 0 Å². The van der Waals surface area contributed by atoms with Crippen molar-refractivity contribution in [2.45, 2.75) is 33.2 Å². The molecule has 0 bridgehead atoms. The maximum absolute atomic E-state index is 12.6. The number of ether oxygens (including phenoxy) is 1. The van der Waals surface area contributed by atoms with Crippen LogP contribution in [0.3, 0.4) is 0 Å². The topological polar surface area (TPSA) is 49.9 Å². The van der Waals surface area contributed by atoms with Gasteiger partial charge in [-0.25, -0.2) is 0 Å². The van der Waals surface area contributed by atoms with Gasteiger partial charge in [0.1, 0.15) is 0 Å².